The van der Waals surface area contributed by atoms with E-state index in [1.165, 1.54) is 7.11 Å². The quantitative estimate of drug-likeness (QED) is 0.787. The fourth-order valence-electron chi connectivity index (χ4n) is 3.35. The molecule has 1 N–H and O–H groups in total. The third kappa shape index (κ3) is 4.68. The zero-order chi connectivity index (χ0) is 17.4. The average Bonchev–Trinajstić information content (AvgIpc) is 2.65. The molecule has 0 unspecified atom stereocenters. The summed E-state index contributed by atoms with van der Waals surface area (Å²) in [5.74, 6) is 0.781. The molecule has 0 aliphatic carbocycles. The number of rotatable bonds is 8. The Hall–Kier alpha value is -1.66. The molecule has 0 aromatic carbocycles. The van der Waals surface area contributed by atoms with Crippen molar-refractivity contribution in [2.24, 2.45) is 5.92 Å². The maximum Gasteiger partial charge on any atom is 0.256 e. The van der Waals surface area contributed by atoms with Gasteiger partial charge in [-0.1, -0.05) is 26.7 Å². The molecule has 1 atom stereocenters. The van der Waals surface area contributed by atoms with E-state index >= 15 is 0 Å². The van der Waals surface area contributed by atoms with E-state index in [4.69, 9.17) is 9.47 Å². The topological polar surface area (TPSA) is 63.7 Å². The maximum atomic E-state index is 12.5. The summed E-state index contributed by atoms with van der Waals surface area (Å²) in [7, 11) is 1.53. The first-order valence-electron chi connectivity index (χ1n) is 8.80. The van der Waals surface area contributed by atoms with Crippen LogP contribution in [0.5, 0.6) is 5.88 Å². The normalized spacial score (nSPS) is 16.8. The van der Waals surface area contributed by atoms with Gasteiger partial charge in [0, 0.05) is 31.9 Å². The number of amides is 1. The maximum absolute atomic E-state index is 12.5. The lowest BCUT2D eigenvalue weighted by atomic mass is 9.92. The van der Waals surface area contributed by atoms with Crippen molar-refractivity contribution >= 4 is 5.91 Å². The Balaban J connectivity index is 2.04. The third-order valence-corrected chi connectivity index (χ3v) is 4.79. The average molecular weight is 335 g/mol. The summed E-state index contributed by atoms with van der Waals surface area (Å²) in [6.45, 7) is 8.44. The first-order valence-corrected chi connectivity index (χ1v) is 8.80. The Morgan fingerprint density at radius 3 is 2.71 bits per heavy atom. The van der Waals surface area contributed by atoms with E-state index in [1.807, 2.05) is 0 Å². The van der Waals surface area contributed by atoms with Gasteiger partial charge in [0.05, 0.1) is 20.3 Å². The first kappa shape index (κ1) is 18.7. The highest BCUT2D eigenvalue weighted by atomic mass is 16.5. The molecule has 0 radical (unpaired) electrons. The Labute approximate surface area is 144 Å². The van der Waals surface area contributed by atoms with Crippen molar-refractivity contribution in [3.05, 3.63) is 23.9 Å². The van der Waals surface area contributed by atoms with Crippen molar-refractivity contribution in [2.45, 2.75) is 32.7 Å². The molecule has 1 aromatic heterocycles. The Morgan fingerprint density at radius 2 is 2.08 bits per heavy atom. The molecule has 6 heteroatoms. The molecule has 2 rings (SSSR count). The van der Waals surface area contributed by atoms with E-state index in [1.54, 1.807) is 18.3 Å². The summed E-state index contributed by atoms with van der Waals surface area (Å²) in [6, 6.07) is 3.82. The molecule has 134 valence electrons. The second-order valence-electron chi connectivity index (χ2n) is 6.06. The molecular weight excluding hydrogens is 306 g/mol. The molecule has 1 aliphatic heterocycles. The lowest BCUT2D eigenvalue weighted by molar-refractivity contribution is 0.00190. The Kier molecular flexibility index (Phi) is 7.46. The number of hydrogen-bond acceptors (Lipinski definition) is 5. The van der Waals surface area contributed by atoms with Gasteiger partial charge in [-0.3, -0.25) is 9.69 Å². The van der Waals surface area contributed by atoms with Crippen LogP contribution in [0, 0.1) is 5.92 Å². The SMILES string of the molecule is CCC(CC)[C@@H](CNC(=O)c1cccnc1OC)N1CCOCC1. The molecule has 1 aliphatic rings. The minimum absolute atomic E-state index is 0.135. The molecule has 0 spiro atoms. The summed E-state index contributed by atoms with van der Waals surface area (Å²) in [4.78, 5) is 19.1. The number of nitrogens with one attached hydrogen (secondary N) is 1. The van der Waals surface area contributed by atoms with E-state index in [0.29, 0.717) is 29.9 Å². The van der Waals surface area contributed by atoms with Crippen LogP contribution in [0.25, 0.3) is 0 Å². The summed E-state index contributed by atoms with van der Waals surface area (Å²) < 4.78 is 10.6. The van der Waals surface area contributed by atoms with Crippen molar-refractivity contribution in [2.75, 3.05) is 40.0 Å². The molecule has 0 bridgehead atoms. The first-order chi connectivity index (χ1) is 11.7. The third-order valence-electron chi connectivity index (χ3n) is 4.79. The van der Waals surface area contributed by atoms with Crippen LogP contribution < -0.4 is 10.1 Å². The standard InChI is InChI=1S/C18H29N3O3/c1-4-14(5-2)16(21-9-11-24-12-10-21)13-20-17(22)15-7-6-8-19-18(15)23-3/h6-8,14,16H,4-5,9-13H2,1-3H3,(H,20,22)/t16-/m1/s1. The second-order valence-corrected chi connectivity index (χ2v) is 6.06. The van der Waals surface area contributed by atoms with Crippen LogP contribution in [0.1, 0.15) is 37.0 Å². The lowest BCUT2D eigenvalue weighted by Gasteiger charge is -2.38. The van der Waals surface area contributed by atoms with Crippen molar-refractivity contribution in [1.82, 2.24) is 15.2 Å². The fraction of sp³-hybridized carbons (Fsp3) is 0.667. The number of methoxy groups -OCH3 is 1. The van der Waals surface area contributed by atoms with Gasteiger partial charge in [-0.2, -0.15) is 0 Å². The van der Waals surface area contributed by atoms with Crippen LogP contribution in [-0.4, -0.2) is 61.8 Å². The lowest BCUT2D eigenvalue weighted by Crippen LogP contribution is -2.52. The van der Waals surface area contributed by atoms with Gasteiger partial charge in [-0.25, -0.2) is 4.98 Å². The molecule has 2 heterocycles. The van der Waals surface area contributed by atoms with Gasteiger partial charge in [-0.15, -0.1) is 0 Å². The number of morpholine rings is 1. The van der Waals surface area contributed by atoms with Gasteiger partial charge in [0.25, 0.3) is 5.91 Å². The van der Waals surface area contributed by atoms with Gasteiger partial charge in [0.15, 0.2) is 0 Å². The highest BCUT2D eigenvalue weighted by Gasteiger charge is 2.27. The monoisotopic (exact) mass is 335 g/mol. The van der Waals surface area contributed by atoms with Gasteiger partial charge in [-0.05, 0) is 18.1 Å². The highest BCUT2D eigenvalue weighted by molar-refractivity contribution is 5.96. The number of carbonyl (C=O) groups is 1. The fourth-order valence-corrected chi connectivity index (χ4v) is 3.35. The molecule has 6 nitrogen and oxygen atoms in total. The van der Waals surface area contributed by atoms with E-state index < -0.39 is 0 Å². The van der Waals surface area contributed by atoms with E-state index in [9.17, 15) is 4.79 Å². The van der Waals surface area contributed by atoms with Crippen molar-refractivity contribution in [3.63, 3.8) is 0 Å². The second kappa shape index (κ2) is 9.59. The number of aromatic nitrogens is 1. The molecule has 1 aromatic rings. The van der Waals surface area contributed by atoms with E-state index in [2.05, 4.69) is 29.0 Å². The van der Waals surface area contributed by atoms with Crippen LogP contribution >= 0.6 is 0 Å². The van der Waals surface area contributed by atoms with Gasteiger partial charge < -0.3 is 14.8 Å². The largest absolute Gasteiger partial charge is 0.480 e. The minimum atomic E-state index is -0.135. The van der Waals surface area contributed by atoms with Crippen molar-refractivity contribution in [1.29, 1.82) is 0 Å². The van der Waals surface area contributed by atoms with Crippen LogP contribution in [0.2, 0.25) is 0 Å². The zero-order valence-corrected chi connectivity index (χ0v) is 15.0. The number of carbonyl (C=O) groups excluding carboxylic acids is 1. The van der Waals surface area contributed by atoms with Gasteiger partial charge >= 0.3 is 0 Å². The summed E-state index contributed by atoms with van der Waals surface area (Å²) in [5, 5.41) is 3.08. The summed E-state index contributed by atoms with van der Waals surface area (Å²) in [5.41, 5.74) is 0.477. The van der Waals surface area contributed by atoms with Crippen LogP contribution in [-0.2, 0) is 4.74 Å². The summed E-state index contributed by atoms with van der Waals surface area (Å²) in [6.07, 6.45) is 3.82. The molecule has 1 fully saturated rings. The summed E-state index contributed by atoms with van der Waals surface area (Å²) >= 11 is 0. The smallest absolute Gasteiger partial charge is 0.256 e. The highest BCUT2D eigenvalue weighted by Crippen LogP contribution is 2.20. The molecular formula is C18H29N3O3. The van der Waals surface area contributed by atoms with Crippen LogP contribution in [0.4, 0.5) is 0 Å². The van der Waals surface area contributed by atoms with Gasteiger partial charge in [0.1, 0.15) is 5.56 Å². The van der Waals surface area contributed by atoms with Gasteiger partial charge in [0.2, 0.25) is 5.88 Å². The molecule has 1 amide bonds. The molecule has 24 heavy (non-hydrogen) atoms. The Morgan fingerprint density at radius 1 is 1.38 bits per heavy atom. The zero-order valence-electron chi connectivity index (χ0n) is 15.0. The van der Waals surface area contributed by atoms with Crippen LogP contribution in [0.15, 0.2) is 18.3 Å². The van der Waals surface area contributed by atoms with E-state index in [-0.39, 0.29) is 5.91 Å². The molecule has 1 saturated heterocycles. The van der Waals surface area contributed by atoms with Crippen LogP contribution in [0.3, 0.4) is 0 Å². The number of hydrogen-bond donors (Lipinski definition) is 1. The predicted molar refractivity (Wildman–Crippen MR) is 93.4 cm³/mol. The molecule has 0 saturated carbocycles. The van der Waals surface area contributed by atoms with E-state index in [0.717, 1.165) is 39.1 Å². The minimum Gasteiger partial charge on any atom is -0.480 e. The number of ether oxygens (including phenoxy) is 2. The number of nitrogens with zero attached hydrogens (tertiary/aromatic N) is 2. The van der Waals surface area contributed by atoms with Crippen molar-refractivity contribution < 1.29 is 14.3 Å². The van der Waals surface area contributed by atoms with Crippen molar-refractivity contribution in [3.8, 4) is 5.88 Å². The predicted octanol–water partition coefficient (Wildman–Crippen LogP) is 1.96. The Bertz CT molecular complexity index is 514. The number of pyridine rings is 1.